The van der Waals surface area contributed by atoms with Crippen LogP contribution in [0.15, 0.2) is 60.7 Å². The first-order valence-electron chi connectivity index (χ1n) is 11.7. The summed E-state index contributed by atoms with van der Waals surface area (Å²) in [5, 5.41) is 5.87. The third kappa shape index (κ3) is 5.00. The number of rotatable bonds is 4. The molecule has 8 heteroatoms. The van der Waals surface area contributed by atoms with Crippen molar-refractivity contribution in [1.29, 1.82) is 0 Å². The van der Waals surface area contributed by atoms with E-state index in [1.54, 1.807) is 9.80 Å². The second-order valence-corrected chi connectivity index (χ2v) is 10.0. The molecule has 2 fully saturated rings. The molecule has 2 aromatic carbocycles. The van der Waals surface area contributed by atoms with E-state index in [-0.39, 0.29) is 29.9 Å². The lowest BCUT2D eigenvalue weighted by Gasteiger charge is -2.43. The van der Waals surface area contributed by atoms with Gasteiger partial charge in [-0.05, 0) is 57.9 Å². The number of amides is 4. The monoisotopic (exact) mass is 463 g/mol. The Morgan fingerprint density at radius 3 is 2.12 bits per heavy atom. The van der Waals surface area contributed by atoms with E-state index in [9.17, 15) is 14.4 Å². The number of para-hydroxylation sites is 2. The number of hydrogen-bond acceptors (Lipinski definition) is 4. The molecule has 0 radical (unpaired) electrons. The molecule has 8 nitrogen and oxygen atoms in total. The van der Waals surface area contributed by atoms with Crippen LogP contribution in [0.5, 0.6) is 0 Å². The van der Waals surface area contributed by atoms with Crippen molar-refractivity contribution in [2.45, 2.75) is 44.7 Å². The topological polar surface area (TPSA) is 85.0 Å². The Hall–Kier alpha value is -3.55. The summed E-state index contributed by atoms with van der Waals surface area (Å²) in [6.45, 7) is 7.11. The molecule has 180 valence electrons. The van der Waals surface area contributed by atoms with E-state index in [0.717, 1.165) is 5.69 Å². The Bertz CT molecular complexity index is 1030. The third-order valence-corrected chi connectivity index (χ3v) is 6.33. The maximum atomic E-state index is 13.7. The Morgan fingerprint density at radius 2 is 1.53 bits per heavy atom. The number of urea groups is 1. The second-order valence-electron chi connectivity index (χ2n) is 10.0. The smallest absolute Gasteiger partial charge is 0.317 e. The van der Waals surface area contributed by atoms with Crippen LogP contribution in [0.1, 0.15) is 33.6 Å². The fourth-order valence-corrected chi connectivity index (χ4v) is 4.70. The average Bonchev–Trinajstić information content (AvgIpc) is 3.05. The first-order valence-corrected chi connectivity index (χ1v) is 11.7. The van der Waals surface area contributed by atoms with Crippen LogP contribution < -0.4 is 15.5 Å². The number of carbonyl (C=O) groups excluding carboxylic acids is 3. The van der Waals surface area contributed by atoms with Gasteiger partial charge in [0.05, 0.1) is 6.67 Å². The molecule has 2 aliphatic heterocycles. The van der Waals surface area contributed by atoms with Crippen LogP contribution in [0.4, 0.5) is 16.2 Å². The SMILES string of the molecule is CC(C)(C)NC(=O)N1CCC2(CC1)C(=O)N(CC(=O)Nc1ccccc1)CN2c1ccccc1. The molecule has 0 aromatic heterocycles. The summed E-state index contributed by atoms with van der Waals surface area (Å²) < 4.78 is 0. The Morgan fingerprint density at radius 1 is 0.941 bits per heavy atom. The van der Waals surface area contributed by atoms with Gasteiger partial charge in [0, 0.05) is 30.0 Å². The average molecular weight is 464 g/mol. The van der Waals surface area contributed by atoms with Crippen LogP contribution in [-0.4, -0.2) is 65.0 Å². The highest BCUT2D eigenvalue weighted by Crippen LogP contribution is 2.39. The number of nitrogens with zero attached hydrogens (tertiary/aromatic N) is 3. The fourth-order valence-electron chi connectivity index (χ4n) is 4.70. The maximum absolute atomic E-state index is 13.7. The van der Waals surface area contributed by atoms with Crippen LogP contribution in [-0.2, 0) is 9.59 Å². The van der Waals surface area contributed by atoms with Gasteiger partial charge in [0.25, 0.3) is 5.91 Å². The predicted octanol–water partition coefficient (Wildman–Crippen LogP) is 3.27. The Balaban J connectivity index is 1.51. The second kappa shape index (κ2) is 9.37. The molecular weight excluding hydrogens is 430 g/mol. The molecular formula is C26H33N5O3. The van der Waals surface area contributed by atoms with Gasteiger partial charge in [-0.2, -0.15) is 0 Å². The molecule has 4 rings (SSSR count). The van der Waals surface area contributed by atoms with E-state index in [2.05, 4.69) is 15.5 Å². The molecule has 2 aromatic rings. The lowest BCUT2D eigenvalue weighted by Crippen LogP contribution is -2.59. The van der Waals surface area contributed by atoms with Crippen molar-refractivity contribution in [3.8, 4) is 0 Å². The molecule has 2 aliphatic rings. The molecule has 0 unspecified atom stereocenters. The van der Waals surface area contributed by atoms with E-state index in [1.807, 2.05) is 81.4 Å². The molecule has 0 bridgehead atoms. The van der Waals surface area contributed by atoms with Crippen molar-refractivity contribution in [3.63, 3.8) is 0 Å². The summed E-state index contributed by atoms with van der Waals surface area (Å²) >= 11 is 0. The number of piperidine rings is 1. The zero-order valence-electron chi connectivity index (χ0n) is 20.1. The number of carbonyl (C=O) groups is 3. The Kier molecular flexibility index (Phi) is 6.50. The number of hydrogen-bond donors (Lipinski definition) is 2. The molecule has 2 heterocycles. The van der Waals surface area contributed by atoms with Crippen LogP contribution in [0, 0.1) is 0 Å². The highest BCUT2D eigenvalue weighted by molar-refractivity contribution is 5.99. The predicted molar refractivity (Wildman–Crippen MR) is 132 cm³/mol. The molecule has 1 spiro atoms. The van der Waals surface area contributed by atoms with E-state index in [1.165, 1.54) is 0 Å². The number of anilines is 2. The first-order chi connectivity index (χ1) is 16.2. The molecule has 4 amide bonds. The normalized spacial score (nSPS) is 17.7. The van der Waals surface area contributed by atoms with E-state index in [4.69, 9.17) is 0 Å². The lowest BCUT2D eigenvalue weighted by atomic mass is 9.85. The quantitative estimate of drug-likeness (QED) is 0.729. The van der Waals surface area contributed by atoms with Gasteiger partial charge < -0.3 is 25.3 Å². The summed E-state index contributed by atoms with van der Waals surface area (Å²) in [4.78, 5) is 44.6. The van der Waals surface area contributed by atoms with Gasteiger partial charge in [-0.1, -0.05) is 36.4 Å². The van der Waals surface area contributed by atoms with E-state index < -0.39 is 5.54 Å². The zero-order valence-corrected chi connectivity index (χ0v) is 20.1. The molecule has 0 saturated carbocycles. The van der Waals surface area contributed by atoms with Gasteiger partial charge in [-0.3, -0.25) is 9.59 Å². The minimum Gasteiger partial charge on any atom is -0.339 e. The fraction of sp³-hybridized carbons (Fsp3) is 0.423. The largest absolute Gasteiger partial charge is 0.339 e. The van der Waals surface area contributed by atoms with Crippen molar-refractivity contribution in [3.05, 3.63) is 60.7 Å². The standard InChI is InChI=1S/C26H33N5O3/c1-25(2,3)28-24(34)29-16-14-26(15-17-29)23(33)30(19-31(26)21-12-8-5-9-13-21)18-22(32)27-20-10-6-4-7-11-20/h4-13H,14-19H2,1-3H3,(H,27,32)(H,28,34). The van der Waals surface area contributed by atoms with Gasteiger partial charge in [-0.25, -0.2) is 4.79 Å². The lowest BCUT2D eigenvalue weighted by molar-refractivity contribution is -0.136. The Labute approximate surface area is 200 Å². The summed E-state index contributed by atoms with van der Waals surface area (Å²) in [7, 11) is 0. The number of benzene rings is 2. The van der Waals surface area contributed by atoms with Crippen molar-refractivity contribution < 1.29 is 14.4 Å². The molecule has 34 heavy (non-hydrogen) atoms. The van der Waals surface area contributed by atoms with E-state index in [0.29, 0.717) is 38.3 Å². The van der Waals surface area contributed by atoms with Crippen molar-refractivity contribution in [2.24, 2.45) is 0 Å². The molecule has 0 aliphatic carbocycles. The molecule has 2 N–H and O–H groups in total. The minimum atomic E-state index is -0.771. The summed E-state index contributed by atoms with van der Waals surface area (Å²) in [6, 6.07) is 18.9. The van der Waals surface area contributed by atoms with Gasteiger partial charge in [0.1, 0.15) is 12.1 Å². The highest BCUT2D eigenvalue weighted by atomic mass is 16.2. The van der Waals surface area contributed by atoms with Gasteiger partial charge in [-0.15, -0.1) is 0 Å². The van der Waals surface area contributed by atoms with Crippen molar-refractivity contribution in [2.75, 3.05) is 36.5 Å². The van der Waals surface area contributed by atoms with Crippen molar-refractivity contribution in [1.82, 2.24) is 15.1 Å². The maximum Gasteiger partial charge on any atom is 0.317 e. The third-order valence-electron chi connectivity index (χ3n) is 6.33. The van der Waals surface area contributed by atoms with Crippen LogP contribution in [0.25, 0.3) is 0 Å². The highest BCUT2D eigenvalue weighted by Gasteiger charge is 2.54. The minimum absolute atomic E-state index is 0.0208. The van der Waals surface area contributed by atoms with E-state index >= 15 is 0 Å². The summed E-state index contributed by atoms with van der Waals surface area (Å²) in [6.07, 6.45) is 1.02. The number of likely N-dealkylation sites (tertiary alicyclic amines) is 1. The van der Waals surface area contributed by atoms with Crippen LogP contribution in [0.2, 0.25) is 0 Å². The summed E-state index contributed by atoms with van der Waals surface area (Å²) in [5.74, 6) is -0.290. The van der Waals surface area contributed by atoms with Crippen LogP contribution >= 0.6 is 0 Å². The number of nitrogens with one attached hydrogen (secondary N) is 2. The molecule has 2 saturated heterocycles. The van der Waals surface area contributed by atoms with Gasteiger partial charge in [0.2, 0.25) is 5.91 Å². The molecule has 0 atom stereocenters. The van der Waals surface area contributed by atoms with Crippen LogP contribution in [0.3, 0.4) is 0 Å². The van der Waals surface area contributed by atoms with Crippen molar-refractivity contribution >= 4 is 29.2 Å². The van der Waals surface area contributed by atoms with Gasteiger partial charge in [0.15, 0.2) is 0 Å². The zero-order chi connectivity index (χ0) is 24.3. The summed E-state index contributed by atoms with van der Waals surface area (Å²) in [5.41, 5.74) is 0.544. The van der Waals surface area contributed by atoms with Gasteiger partial charge >= 0.3 is 6.03 Å². The first kappa shape index (κ1) is 23.6.